The molecule has 0 unspecified atom stereocenters. The molecule has 3 aromatic rings. The van der Waals surface area contributed by atoms with Gasteiger partial charge in [-0.15, -0.1) is 0 Å². The Kier molecular flexibility index (Phi) is 6.34. The van der Waals surface area contributed by atoms with E-state index in [2.05, 4.69) is 4.90 Å². The minimum Gasteiger partial charge on any atom is -0.489 e. The van der Waals surface area contributed by atoms with Gasteiger partial charge in [0.2, 0.25) is 0 Å². The fraction of sp³-hybridized carbons (Fsp3) is 0.259. The van der Waals surface area contributed by atoms with Crippen LogP contribution in [0, 0.1) is 17.5 Å². The molecule has 3 aliphatic heterocycles. The van der Waals surface area contributed by atoms with Crippen LogP contribution < -0.4 is 14.8 Å². The van der Waals surface area contributed by atoms with Gasteiger partial charge >= 0.3 is 0 Å². The van der Waals surface area contributed by atoms with Gasteiger partial charge in [-0.05, 0) is 36.4 Å². The molecule has 0 atom stereocenters. The van der Waals surface area contributed by atoms with Gasteiger partial charge in [0.25, 0.3) is 0 Å². The lowest BCUT2D eigenvalue weighted by Gasteiger charge is -2.45. The second-order valence-corrected chi connectivity index (χ2v) is 9.69. The highest BCUT2D eigenvalue weighted by Gasteiger charge is 2.35. The standard InChI is InChI=1S/C27H22Cl2F3N3O2/c28-17-15-18(29)26(32)24(25(17)31)23-19(30)6-5-16-20(33-9-12-36-13-10-33)7-8-35(27(16)23)34-11-14-37-22-4-2-1-3-21(22)34/h1-7,15H,8-14H2. The second kappa shape index (κ2) is 9.67. The monoisotopic (exact) mass is 547 g/mol. The van der Waals surface area contributed by atoms with Gasteiger partial charge in [-0.3, -0.25) is 10.0 Å². The van der Waals surface area contributed by atoms with Crippen LogP contribution in [0.25, 0.3) is 16.8 Å². The first-order valence-corrected chi connectivity index (χ1v) is 12.7. The lowest BCUT2D eigenvalue weighted by Crippen LogP contribution is -2.50. The van der Waals surface area contributed by atoms with Gasteiger partial charge in [0.05, 0.1) is 53.3 Å². The highest BCUT2D eigenvalue weighted by atomic mass is 35.5. The summed E-state index contributed by atoms with van der Waals surface area (Å²) in [6.45, 7) is 3.56. The van der Waals surface area contributed by atoms with Gasteiger partial charge in [0.15, 0.2) is 11.6 Å². The van der Waals surface area contributed by atoms with Gasteiger partial charge in [-0.2, -0.15) is 0 Å². The molecule has 1 saturated heterocycles. The van der Waals surface area contributed by atoms with Gasteiger partial charge < -0.3 is 14.4 Å². The zero-order valence-electron chi connectivity index (χ0n) is 19.6. The van der Waals surface area contributed by atoms with E-state index in [9.17, 15) is 0 Å². The van der Waals surface area contributed by atoms with Gasteiger partial charge in [0.1, 0.15) is 18.2 Å². The number of rotatable bonds is 3. The summed E-state index contributed by atoms with van der Waals surface area (Å²) < 4.78 is 58.0. The quantitative estimate of drug-likeness (QED) is 0.354. The third-order valence-corrected chi connectivity index (χ3v) is 7.38. The Hall–Kier alpha value is -3.07. The molecule has 0 saturated carbocycles. The Morgan fingerprint density at radius 1 is 0.784 bits per heavy atom. The average Bonchev–Trinajstić information content (AvgIpc) is 2.92. The number of halogens is 5. The first-order valence-electron chi connectivity index (χ1n) is 11.9. The van der Waals surface area contributed by atoms with Crippen LogP contribution in [0.4, 0.5) is 24.5 Å². The highest BCUT2D eigenvalue weighted by molar-refractivity contribution is 6.35. The van der Waals surface area contributed by atoms with Crippen LogP contribution in [0.15, 0.2) is 48.5 Å². The SMILES string of the molecule is Fc1ccc2c(c1-c1c(F)c(Cl)cc(Cl)c1F)N(N1CCOc3ccccc31)CC=C2N1CCOCC1. The van der Waals surface area contributed by atoms with E-state index in [4.69, 9.17) is 32.7 Å². The Bertz CT molecular complexity index is 1390. The Morgan fingerprint density at radius 3 is 2.27 bits per heavy atom. The van der Waals surface area contributed by atoms with Gasteiger partial charge in [0, 0.05) is 29.9 Å². The summed E-state index contributed by atoms with van der Waals surface area (Å²) in [5.41, 5.74) is 1.76. The second-order valence-electron chi connectivity index (χ2n) is 8.87. The van der Waals surface area contributed by atoms with E-state index in [-0.39, 0.29) is 15.6 Å². The minimum atomic E-state index is -1.07. The van der Waals surface area contributed by atoms with E-state index in [0.29, 0.717) is 63.0 Å². The Balaban J connectivity index is 1.61. The van der Waals surface area contributed by atoms with E-state index < -0.39 is 23.0 Å². The maximum Gasteiger partial charge on any atom is 0.152 e. The number of benzene rings is 3. The number of nitrogens with zero attached hydrogens (tertiary/aromatic N) is 3. The van der Waals surface area contributed by atoms with Crippen molar-refractivity contribution in [3.8, 4) is 16.9 Å². The topological polar surface area (TPSA) is 28.2 Å². The molecule has 3 aromatic carbocycles. The maximum atomic E-state index is 15.7. The molecular weight excluding hydrogens is 526 g/mol. The number of ether oxygens (including phenoxy) is 2. The molecule has 0 spiro atoms. The van der Waals surface area contributed by atoms with E-state index in [1.165, 1.54) is 6.07 Å². The highest BCUT2D eigenvalue weighted by Crippen LogP contribution is 2.48. The molecule has 1 fully saturated rings. The van der Waals surface area contributed by atoms with Crippen molar-refractivity contribution in [2.24, 2.45) is 0 Å². The molecule has 192 valence electrons. The summed E-state index contributed by atoms with van der Waals surface area (Å²) in [4.78, 5) is 2.15. The fourth-order valence-corrected chi connectivity index (χ4v) is 5.64. The predicted molar refractivity (Wildman–Crippen MR) is 139 cm³/mol. The number of morpholine rings is 1. The maximum absolute atomic E-state index is 15.7. The predicted octanol–water partition coefficient (Wildman–Crippen LogP) is 6.38. The summed E-state index contributed by atoms with van der Waals surface area (Å²) in [6.07, 6.45) is 2.05. The van der Waals surface area contributed by atoms with E-state index >= 15 is 13.2 Å². The number of hydrogen-bond acceptors (Lipinski definition) is 5. The van der Waals surface area contributed by atoms with Crippen LogP contribution in [-0.2, 0) is 4.74 Å². The van der Waals surface area contributed by atoms with E-state index in [0.717, 1.165) is 17.5 Å². The number of hydrazine groups is 1. The molecule has 0 N–H and O–H groups in total. The molecule has 10 heteroatoms. The number of anilines is 2. The third kappa shape index (κ3) is 4.07. The molecule has 0 bridgehead atoms. The van der Waals surface area contributed by atoms with Gasteiger partial charge in [-0.25, -0.2) is 13.2 Å². The molecular formula is C27H22Cl2F3N3O2. The third-order valence-electron chi connectivity index (χ3n) is 6.83. The minimum absolute atomic E-state index is 0.236. The summed E-state index contributed by atoms with van der Waals surface area (Å²) in [7, 11) is 0. The van der Waals surface area contributed by atoms with Gasteiger partial charge in [-0.1, -0.05) is 35.3 Å². The molecule has 0 aliphatic carbocycles. The normalized spacial score (nSPS) is 17.2. The van der Waals surface area contributed by atoms with Crippen molar-refractivity contribution in [3.05, 3.63) is 81.6 Å². The van der Waals surface area contributed by atoms with Crippen LogP contribution in [0.5, 0.6) is 5.75 Å². The number of fused-ring (bicyclic) bond motifs is 2. The Labute approximate surface area is 222 Å². The summed E-state index contributed by atoms with van der Waals surface area (Å²) in [5.74, 6) is -2.26. The van der Waals surface area contributed by atoms with Crippen molar-refractivity contribution < 1.29 is 22.6 Å². The van der Waals surface area contributed by atoms with E-state index in [1.807, 2.05) is 40.4 Å². The number of hydrogen-bond donors (Lipinski definition) is 0. The van der Waals surface area contributed by atoms with Crippen LogP contribution in [0.3, 0.4) is 0 Å². The van der Waals surface area contributed by atoms with Crippen molar-refractivity contribution in [2.45, 2.75) is 0 Å². The summed E-state index contributed by atoms with van der Waals surface area (Å²) in [5, 5.41) is 3.02. The summed E-state index contributed by atoms with van der Waals surface area (Å²) >= 11 is 12.1. The van der Waals surface area contributed by atoms with Crippen LogP contribution in [-0.4, -0.2) is 50.9 Å². The molecule has 3 heterocycles. The zero-order valence-corrected chi connectivity index (χ0v) is 21.1. The molecule has 0 aromatic heterocycles. The molecule has 5 nitrogen and oxygen atoms in total. The van der Waals surface area contributed by atoms with Crippen molar-refractivity contribution in [2.75, 3.05) is 56.0 Å². The van der Waals surface area contributed by atoms with Crippen LogP contribution in [0.2, 0.25) is 10.0 Å². The van der Waals surface area contributed by atoms with Crippen molar-refractivity contribution in [3.63, 3.8) is 0 Å². The Morgan fingerprint density at radius 2 is 1.51 bits per heavy atom. The van der Waals surface area contributed by atoms with Crippen molar-refractivity contribution in [1.29, 1.82) is 0 Å². The van der Waals surface area contributed by atoms with Crippen molar-refractivity contribution >= 4 is 40.3 Å². The van der Waals surface area contributed by atoms with Crippen molar-refractivity contribution in [1.82, 2.24) is 4.90 Å². The first-order chi connectivity index (χ1) is 18.0. The summed E-state index contributed by atoms with van der Waals surface area (Å²) in [6, 6.07) is 11.4. The molecule has 0 radical (unpaired) electrons. The lowest BCUT2D eigenvalue weighted by atomic mass is 9.93. The van der Waals surface area contributed by atoms with E-state index in [1.54, 1.807) is 6.07 Å². The average molecular weight is 548 g/mol. The largest absolute Gasteiger partial charge is 0.489 e. The molecule has 0 amide bonds. The first kappa shape index (κ1) is 24.3. The lowest BCUT2D eigenvalue weighted by molar-refractivity contribution is 0.0638. The molecule has 6 rings (SSSR count). The number of para-hydroxylation sites is 2. The van der Waals surface area contributed by atoms with Crippen LogP contribution in [0.1, 0.15) is 5.56 Å². The molecule has 3 aliphatic rings. The fourth-order valence-electron chi connectivity index (χ4n) is 5.17. The zero-order chi connectivity index (χ0) is 25.7. The molecule has 37 heavy (non-hydrogen) atoms. The smallest absolute Gasteiger partial charge is 0.152 e. The van der Waals surface area contributed by atoms with Crippen LogP contribution >= 0.6 is 23.2 Å².